The van der Waals surface area contributed by atoms with Crippen molar-refractivity contribution < 1.29 is 22.8 Å². The van der Waals surface area contributed by atoms with Gasteiger partial charge in [0.15, 0.2) is 0 Å². The summed E-state index contributed by atoms with van der Waals surface area (Å²) in [6, 6.07) is 18.6. The number of carbonyl (C=O) groups excluding carboxylic acids is 3. The number of imide groups is 1. The van der Waals surface area contributed by atoms with Crippen LogP contribution in [0, 0.1) is 5.92 Å². The summed E-state index contributed by atoms with van der Waals surface area (Å²) < 4.78 is 24.3. The number of benzene rings is 3. The van der Waals surface area contributed by atoms with Crippen LogP contribution in [-0.4, -0.2) is 36.0 Å². The van der Waals surface area contributed by atoms with Crippen LogP contribution in [0.25, 0.3) is 0 Å². The molecule has 1 saturated heterocycles. The van der Waals surface area contributed by atoms with Gasteiger partial charge in [-0.25, -0.2) is 18.5 Å². The number of thiazole rings is 1. The zero-order chi connectivity index (χ0) is 30.6. The number of amides is 3. The highest BCUT2D eigenvalue weighted by atomic mass is 35.5. The first-order chi connectivity index (χ1) is 20.4. The van der Waals surface area contributed by atoms with Crippen molar-refractivity contribution in [3.63, 3.8) is 0 Å². The van der Waals surface area contributed by atoms with Gasteiger partial charge in [-0.3, -0.25) is 23.7 Å². The molecular weight excluding hydrogens is 655 g/mol. The van der Waals surface area contributed by atoms with E-state index in [9.17, 15) is 27.6 Å². The van der Waals surface area contributed by atoms with Crippen LogP contribution in [0.1, 0.15) is 16.4 Å². The molecule has 3 aromatic carbocycles. The summed E-state index contributed by atoms with van der Waals surface area (Å²) in [7, 11) is -3.90. The number of hydrogen-bond donors (Lipinski definition) is 2. The molecule has 4 aromatic rings. The second-order valence-electron chi connectivity index (χ2n) is 9.82. The van der Waals surface area contributed by atoms with Crippen LogP contribution in [0.2, 0.25) is 10.0 Å². The molecule has 0 saturated carbocycles. The Balaban J connectivity index is 1.36. The highest BCUT2D eigenvalue weighted by Gasteiger charge is 2.56. The van der Waals surface area contributed by atoms with E-state index in [-0.39, 0.29) is 11.4 Å². The SMILES string of the molecule is NS(=O)(=O)c1ccc(NC(=O)Cn2c3c(sc2=O)[C@H](c2ccc(Cl)cc2)C2C(=O)N(c4ccc(Cl)cc4)C(=O)C2S3)cc1. The maximum Gasteiger partial charge on any atom is 0.308 e. The fraction of sp³-hybridized carbons (Fsp3) is 0.143. The molecule has 6 rings (SSSR count). The Morgan fingerprint density at radius 2 is 1.49 bits per heavy atom. The first-order valence-electron chi connectivity index (χ1n) is 12.6. The number of primary sulfonamides is 1. The molecule has 1 aromatic heterocycles. The van der Waals surface area contributed by atoms with Gasteiger partial charge in [-0.15, -0.1) is 0 Å². The number of rotatable bonds is 6. The second kappa shape index (κ2) is 11.2. The van der Waals surface area contributed by atoms with Crippen molar-refractivity contribution in [1.29, 1.82) is 0 Å². The molecule has 220 valence electrons. The van der Waals surface area contributed by atoms with Gasteiger partial charge in [0.2, 0.25) is 27.7 Å². The number of carbonyl (C=O) groups is 3. The van der Waals surface area contributed by atoms with Crippen molar-refractivity contribution in [2.24, 2.45) is 11.1 Å². The summed E-state index contributed by atoms with van der Waals surface area (Å²) in [5, 5.41) is 8.29. The Morgan fingerprint density at radius 1 is 0.884 bits per heavy atom. The van der Waals surface area contributed by atoms with Crippen LogP contribution in [0.15, 0.2) is 87.5 Å². The number of sulfonamides is 1. The Morgan fingerprint density at radius 3 is 2.09 bits per heavy atom. The Bertz CT molecular complexity index is 1940. The minimum atomic E-state index is -3.90. The van der Waals surface area contributed by atoms with Crippen LogP contribution < -0.4 is 20.2 Å². The summed E-state index contributed by atoms with van der Waals surface area (Å²) in [5.41, 5.74) is 1.39. The Hall–Kier alpha value is -3.46. The fourth-order valence-corrected chi connectivity index (χ4v) is 8.74. The third-order valence-corrected chi connectivity index (χ3v) is 11.2. The predicted octanol–water partition coefficient (Wildman–Crippen LogP) is 4.30. The molecule has 43 heavy (non-hydrogen) atoms. The van der Waals surface area contributed by atoms with Crippen molar-refractivity contribution in [2.45, 2.75) is 27.6 Å². The number of aromatic nitrogens is 1. The molecule has 2 unspecified atom stereocenters. The van der Waals surface area contributed by atoms with E-state index in [1.165, 1.54) is 28.8 Å². The predicted molar refractivity (Wildman–Crippen MR) is 165 cm³/mol. The van der Waals surface area contributed by atoms with E-state index < -0.39 is 49.7 Å². The molecule has 0 bridgehead atoms. The highest BCUT2D eigenvalue weighted by molar-refractivity contribution is 8.00. The lowest BCUT2D eigenvalue weighted by atomic mass is 9.83. The molecule has 15 heteroatoms. The standard InChI is InChI=1S/C28H20Cl2N4O6S3/c29-15-3-1-14(2-4-15)21-22-23(26(37)34(25(22)36)18-9-5-16(30)6-10-18)41-27-24(21)42-28(38)33(27)13-20(35)32-17-7-11-19(12-8-17)43(31,39)40/h1-12,21-23H,13H2,(H,32,35)(H2,31,39,40)/t21-,22?,23?/m1/s1. The number of hydrogen-bond acceptors (Lipinski definition) is 8. The second-order valence-corrected chi connectivity index (χ2v) is 14.4. The smallest absolute Gasteiger partial charge is 0.308 e. The molecule has 10 nitrogen and oxygen atoms in total. The van der Waals surface area contributed by atoms with E-state index in [1.54, 1.807) is 48.5 Å². The van der Waals surface area contributed by atoms with E-state index in [0.29, 0.717) is 36.9 Å². The van der Waals surface area contributed by atoms with Gasteiger partial charge in [-0.05, 0) is 66.2 Å². The number of fused-ring (bicyclic) bond motifs is 2. The van der Waals surface area contributed by atoms with Crippen molar-refractivity contribution in [2.75, 3.05) is 10.2 Å². The van der Waals surface area contributed by atoms with E-state index in [1.807, 2.05) is 0 Å². The van der Waals surface area contributed by atoms with Crippen molar-refractivity contribution in [3.8, 4) is 0 Å². The topological polar surface area (TPSA) is 149 Å². The zero-order valence-corrected chi connectivity index (χ0v) is 25.7. The van der Waals surface area contributed by atoms with Crippen LogP contribution in [0.3, 0.4) is 0 Å². The first-order valence-corrected chi connectivity index (χ1v) is 16.6. The molecule has 1 fully saturated rings. The first kappa shape index (κ1) is 29.6. The molecule has 3 amide bonds. The Labute approximate surface area is 263 Å². The molecular formula is C28H20Cl2N4O6S3. The quantitative estimate of drug-likeness (QED) is 0.290. The Kier molecular flexibility index (Phi) is 7.73. The molecule has 0 radical (unpaired) electrons. The molecule has 3 N–H and O–H groups in total. The zero-order valence-electron chi connectivity index (χ0n) is 21.8. The van der Waals surface area contributed by atoms with Crippen molar-refractivity contribution >= 4 is 85.4 Å². The van der Waals surface area contributed by atoms with E-state index in [0.717, 1.165) is 28.0 Å². The minimum absolute atomic E-state index is 0.115. The third-order valence-electron chi connectivity index (χ3n) is 7.13. The minimum Gasteiger partial charge on any atom is -0.325 e. The van der Waals surface area contributed by atoms with Gasteiger partial charge in [-0.1, -0.05) is 58.4 Å². The highest BCUT2D eigenvalue weighted by Crippen LogP contribution is 2.54. The summed E-state index contributed by atoms with van der Waals surface area (Å²) in [6.45, 7) is -0.373. The fourth-order valence-electron chi connectivity index (χ4n) is 5.20. The van der Waals surface area contributed by atoms with E-state index >= 15 is 0 Å². The van der Waals surface area contributed by atoms with Gasteiger partial charge in [0, 0.05) is 26.5 Å². The van der Waals surface area contributed by atoms with Gasteiger partial charge in [0.05, 0.1) is 21.5 Å². The summed E-state index contributed by atoms with van der Waals surface area (Å²) in [6.07, 6.45) is 0. The van der Waals surface area contributed by atoms with Crippen LogP contribution >= 0.6 is 46.3 Å². The number of anilines is 2. The van der Waals surface area contributed by atoms with Gasteiger partial charge in [0.25, 0.3) is 0 Å². The molecule has 2 aliphatic heterocycles. The normalized spacial score (nSPS) is 19.7. The van der Waals surface area contributed by atoms with Gasteiger partial charge in [0.1, 0.15) is 11.8 Å². The lowest BCUT2D eigenvalue weighted by molar-refractivity contribution is -0.122. The number of nitrogens with zero attached hydrogens (tertiary/aromatic N) is 2. The number of thioether (sulfide) groups is 1. The van der Waals surface area contributed by atoms with Gasteiger partial charge in [-0.2, -0.15) is 0 Å². The molecule has 0 aliphatic carbocycles. The molecule has 0 spiro atoms. The molecule has 3 heterocycles. The summed E-state index contributed by atoms with van der Waals surface area (Å²) >= 11 is 14.2. The van der Waals surface area contributed by atoms with Gasteiger partial charge >= 0.3 is 4.87 Å². The maximum absolute atomic E-state index is 13.9. The van der Waals surface area contributed by atoms with Crippen LogP contribution in [0.4, 0.5) is 11.4 Å². The molecule has 3 atom stereocenters. The average Bonchev–Trinajstić information content (AvgIpc) is 3.40. The number of halogens is 2. The van der Waals surface area contributed by atoms with Crippen LogP contribution in [0.5, 0.6) is 0 Å². The third kappa shape index (κ3) is 5.52. The monoisotopic (exact) mass is 674 g/mol. The van der Waals surface area contributed by atoms with Crippen molar-refractivity contribution in [1.82, 2.24) is 4.57 Å². The largest absolute Gasteiger partial charge is 0.325 e. The number of nitrogens with two attached hydrogens (primary N) is 1. The lowest BCUT2D eigenvalue weighted by Gasteiger charge is -2.30. The summed E-state index contributed by atoms with van der Waals surface area (Å²) in [5.74, 6) is -2.83. The summed E-state index contributed by atoms with van der Waals surface area (Å²) in [4.78, 5) is 55.2. The van der Waals surface area contributed by atoms with Gasteiger partial charge < -0.3 is 5.32 Å². The van der Waals surface area contributed by atoms with Crippen LogP contribution in [-0.2, 0) is 31.0 Å². The lowest BCUT2D eigenvalue weighted by Crippen LogP contribution is -2.33. The maximum atomic E-state index is 13.9. The van der Waals surface area contributed by atoms with Crippen molar-refractivity contribution in [3.05, 3.63) is 103 Å². The average molecular weight is 676 g/mol. The number of nitrogens with one attached hydrogen (secondary N) is 1. The molecule has 2 aliphatic rings. The van der Waals surface area contributed by atoms with E-state index in [4.69, 9.17) is 28.3 Å². The van der Waals surface area contributed by atoms with E-state index in [2.05, 4.69) is 5.32 Å².